The van der Waals surface area contributed by atoms with Crippen LogP contribution in [-0.2, 0) is 0 Å². The van der Waals surface area contributed by atoms with Crippen LogP contribution in [0.2, 0.25) is 0 Å². The molecule has 33 heavy (non-hydrogen) atoms. The number of anilines is 2. The summed E-state index contributed by atoms with van der Waals surface area (Å²) in [4.78, 5) is 0. The highest BCUT2D eigenvalue weighted by Crippen LogP contribution is 2.43. The van der Waals surface area contributed by atoms with Gasteiger partial charge in [-0.1, -0.05) is 78.9 Å². The van der Waals surface area contributed by atoms with Gasteiger partial charge in [-0.2, -0.15) is 0 Å². The maximum Gasteiger partial charge on any atom is 0.145 e. The first-order valence-electron chi connectivity index (χ1n) is 11.0. The van der Waals surface area contributed by atoms with Crippen molar-refractivity contribution in [2.75, 3.05) is 5.32 Å². The standard InChI is InChI=1S/C30H19NOS/c1-2-9-19(10-3-1)20-17-18-24(28-23-12-4-6-15-26(23)32-29(20)28)31-25-14-8-13-22-21-11-5-7-16-27(21)33-30(22)25/h1-18,31H. The summed E-state index contributed by atoms with van der Waals surface area (Å²) in [6.45, 7) is 0. The molecule has 156 valence electrons. The number of para-hydroxylation sites is 1. The molecule has 0 saturated carbocycles. The third kappa shape index (κ3) is 2.86. The number of fused-ring (bicyclic) bond motifs is 6. The first-order chi connectivity index (χ1) is 16.4. The maximum absolute atomic E-state index is 6.41. The molecule has 0 aliphatic rings. The van der Waals surface area contributed by atoms with Gasteiger partial charge in [-0.05, 0) is 35.9 Å². The van der Waals surface area contributed by atoms with E-state index in [1.165, 1.54) is 20.2 Å². The fourth-order valence-corrected chi connectivity index (χ4v) is 5.94. The van der Waals surface area contributed by atoms with E-state index < -0.39 is 0 Å². The van der Waals surface area contributed by atoms with Gasteiger partial charge in [-0.15, -0.1) is 11.3 Å². The van der Waals surface area contributed by atoms with E-state index in [9.17, 15) is 0 Å². The quantitative estimate of drug-likeness (QED) is 0.295. The Hall–Kier alpha value is -4.08. The van der Waals surface area contributed by atoms with Crippen molar-refractivity contribution < 1.29 is 4.42 Å². The molecule has 7 aromatic rings. The van der Waals surface area contributed by atoms with Crippen molar-refractivity contribution in [1.82, 2.24) is 0 Å². The van der Waals surface area contributed by atoms with E-state index in [4.69, 9.17) is 4.42 Å². The molecule has 0 aliphatic carbocycles. The van der Waals surface area contributed by atoms with Gasteiger partial charge in [0, 0.05) is 26.4 Å². The Morgan fingerprint density at radius 1 is 0.576 bits per heavy atom. The Morgan fingerprint density at radius 2 is 1.33 bits per heavy atom. The van der Waals surface area contributed by atoms with Crippen LogP contribution >= 0.6 is 11.3 Å². The van der Waals surface area contributed by atoms with E-state index >= 15 is 0 Å². The second kappa shape index (κ2) is 7.22. The van der Waals surface area contributed by atoms with Gasteiger partial charge in [0.05, 0.1) is 21.5 Å². The van der Waals surface area contributed by atoms with Gasteiger partial charge in [0.15, 0.2) is 0 Å². The highest BCUT2D eigenvalue weighted by molar-refractivity contribution is 7.26. The van der Waals surface area contributed by atoms with Gasteiger partial charge in [0.1, 0.15) is 11.2 Å². The molecule has 0 atom stereocenters. The van der Waals surface area contributed by atoms with Crippen LogP contribution in [-0.4, -0.2) is 0 Å². The van der Waals surface area contributed by atoms with Crippen molar-refractivity contribution >= 4 is 64.8 Å². The summed E-state index contributed by atoms with van der Waals surface area (Å²) < 4.78 is 8.99. The summed E-state index contributed by atoms with van der Waals surface area (Å²) in [6, 6.07) is 38.2. The molecule has 0 aliphatic heterocycles. The SMILES string of the molecule is c1ccc(-c2ccc(Nc3cccc4c3sc3ccccc34)c3c2oc2ccccc23)cc1. The van der Waals surface area contributed by atoms with Gasteiger partial charge in [0.25, 0.3) is 0 Å². The lowest BCUT2D eigenvalue weighted by molar-refractivity contribution is 0.670. The third-order valence-corrected chi connectivity index (χ3v) is 7.50. The second-order valence-electron chi connectivity index (χ2n) is 8.23. The molecule has 5 aromatic carbocycles. The second-order valence-corrected chi connectivity index (χ2v) is 9.29. The van der Waals surface area contributed by atoms with Gasteiger partial charge >= 0.3 is 0 Å². The normalized spacial score (nSPS) is 11.6. The van der Waals surface area contributed by atoms with Gasteiger partial charge < -0.3 is 9.73 Å². The number of hydrogen-bond acceptors (Lipinski definition) is 3. The third-order valence-electron chi connectivity index (χ3n) is 6.28. The molecule has 0 radical (unpaired) electrons. The molecule has 2 aromatic heterocycles. The van der Waals surface area contributed by atoms with E-state index in [1.807, 2.05) is 29.5 Å². The summed E-state index contributed by atoms with van der Waals surface area (Å²) >= 11 is 1.83. The zero-order valence-electron chi connectivity index (χ0n) is 17.7. The monoisotopic (exact) mass is 441 g/mol. The van der Waals surface area contributed by atoms with Crippen LogP contribution in [0.4, 0.5) is 11.4 Å². The lowest BCUT2D eigenvalue weighted by atomic mass is 10.0. The minimum Gasteiger partial charge on any atom is -0.455 e. The highest BCUT2D eigenvalue weighted by Gasteiger charge is 2.17. The van der Waals surface area contributed by atoms with E-state index in [2.05, 4.69) is 96.3 Å². The topological polar surface area (TPSA) is 25.2 Å². The Morgan fingerprint density at radius 3 is 2.24 bits per heavy atom. The van der Waals surface area contributed by atoms with E-state index in [1.54, 1.807) is 0 Å². The molecule has 0 spiro atoms. The zero-order chi connectivity index (χ0) is 21.8. The van der Waals surface area contributed by atoms with Crippen LogP contribution in [0.15, 0.2) is 114 Å². The number of rotatable bonds is 3. The van der Waals surface area contributed by atoms with Crippen molar-refractivity contribution in [2.45, 2.75) is 0 Å². The fraction of sp³-hybridized carbons (Fsp3) is 0. The predicted octanol–water partition coefficient (Wildman–Crippen LogP) is 9.36. The molecule has 2 nitrogen and oxygen atoms in total. The predicted molar refractivity (Wildman–Crippen MR) is 142 cm³/mol. The molecule has 2 heterocycles. The lowest BCUT2D eigenvalue weighted by Crippen LogP contribution is -1.92. The van der Waals surface area contributed by atoms with Crippen LogP contribution in [0, 0.1) is 0 Å². The smallest absolute Gasteiger partial charge is 0.145 e. The number of nitrogens with one attached hydrogen (secondary N) is 1. The molecule has 0 fully saturated rings. The average Bonchev–Trinajstić information content (AvgIpc) is 3.45. The molecule has 1 N–H and O–H groups in total. The largest absolute Gasteiger partial charge is 0.455 e. The number of furan rings is 1. The first-order valence-corrected chi connectivity index (χ1v) is 11.9. The summed E-state index contributed by atoms with van der Waals surface area (Å²) in [5.74, 6) is 0. The van der Waals surface area contributed by atoms with Crippen LogP contribution in [0.1, 0.15) is 0 Å². The Bertz CT molecular complexity index is 1790. The lowest BCUT2D eigenvalue weighted by Gasteiger charge is -2.11. The number of hydrogen-bond donors (Lipinski definition) is 1. The van der Waals surface area contributed by atoms with E-state index in [-0.39, 0.29) is 0 Å². The van der Waals surface area contributed by atoms with E-state index in [0.717, 1.165) is 44.4 Å². The van der Waals surface area contributed by atoms with Crippen molar-refractivity contribution in [2.24, 2.45) is 0 Å². The first kappa shape index (κ1) is 18.5. The molecule has 0 saturated heterocycles. The fourth-order valence-electron chi connectivity index (χ4n) is 4.77. The van der Waals surface area contributed by atoms with Gasteiger partial charge in [-0.3, -0.25) is 0 Å². The van der Waals surface area contributed by atoms with Crippen molar-refractivity contribution in [3.05, 3.63) is 109 Å². The average molecular weight is 442 g/mol. The van der Waals surface area contributed by atoms with Crippen LogP contribution in [0.25, 0.3) is 53.2 Å². The Kier molecular flexibility index (Phi) is 4.05. The summed E-state index contributed by atoms with van der Waals surface area (Å²) in [7, 11) is 0. The maximum atomic E-state index is 6.41. The van der Waals surface area contributed by atoms with Crippen LogP contribution in [0.5, 0.6) is 0 Å². The van der Waals surface area contributed by atoms with Crippen LogP contribution < -0.4 is 5.32 Å². The minimum atomic E-state index is 0.902. The molecule has 3 heteroatoms. The zero-order valence-corrected chi connectivity index (χ0v) is 18.5. The Balaban J connectivity index is 1.48. The number of thiophene rings is 1. The summed E-state index contributed by atoms with van der Waals surface area (Å²) in [5, 5.41) is 8.59. The molecule has 0 unspecified atom stereocenters. The molecule has 0 amide bonds. The highest BCUT2D eigenvalue weighted by atomic mass is 32.1. The number of benzene rings is 5. The van der Waals surface area contributed by atoms with Crippen molar-refractivity contribution in [3.63, 3.8) is 0 Å². The molecular formula is C30H19NOS. The molecule has 0 bridgehead atoms. The van der Waals surface area contributed by atoms with Gasteiger partial charge in [0.2, 0.25) is 0 Å². The van der Waals surface area contributed by atoms with Crippen molar-refractivity contribution in [1.29, 1.82) is 0 Å². The van der Waals surface area contributed by atoms with Gasteiger partial charge in [-0.25, -0.2) is 0 Å². The molecular weight excluding hydrogens is 422 g/mol. The van der Waals surface area contributed by atoms with Crippen molar-refractivity contribution in [3.8, 4) is 11.1 Å². The molecule has 7 rings (SSSR count). The minimum absolute atomic E-state index is 0.902. The van der Waals surface area contributed by atoms with E-state index in [0.29, 0.717) is 0 Å². The van der Waals surface area contributed by atoms with Crippen LogP contribution in [0.3, 0.4) is 0 Å². The summed E-state index contributed by atoms with van der Waals surface area (Å²) in [5.41, 5.74) is 6.24. The Labute approximate surface area is 194 Å². The summed E-state index contributed by atoms with van der Waals surface area (Å²) in [6.07, 6.45) is 0.